The molecule has 0 radical (unpaired) electrons. The van der Waals surface area contributed by atoms with E-state index in [4.69, 9.17) is 29.0 Å². The number of thioether (sulfide) groups is 1. The summed E-state index contributed by atoms with van der Waals surface area (Å²) in [6.07, 6.45) is 6.24. The zero-order chi connectivity index (χ0) is 18.5. The van der Waals surface area contributed by atoms with Crippen LogP contribution in [0.4, 0.5) is 0 Å². The quantitative estimate of drug-likeness (QED) is 0.556. The number of nitrogens with zero attached hydrogens (tertiary/aromatic N) is 3. The Bertz CT molecular complexity index is 777. The SMILES string of the molecule is Nn1c(SCC(=O)NCC2CCCCC2)nnc1-c1cc(Cl)ccc1Cl. The molecule has 1 heterocycles. The van der Waals surface area contributed by atoms with Gasteiger partial charge in [0, 0.05) is 17.1 Å². The van der Waals surface area contributed by atoms with Crippen molar-refractivity contribution >= 4 is 40.9 Å². The Labute approximate surface area is 166 Å². The summed E-state index contributed by atoms with van der Waals surface area (Å²) in [4.78, 5) is 12.1. The molecular formula is C17H21Cl2N5OS. The summed E-state index contributed by atoms with van der Waals surface area (Å²) < 4.78 is 1.33. The van der Waals surface area contributed by atoms with E-state index >= 15 is 0 Å². The van der Waals surface area contributed by atoms with Gasteiger partial charge in [-0.25, -0.2) is 4.68 Å². The van der Waals surface area contributed by atoms with Gasteiger partial charge in [0.05, 0.1) is 10.8 Å². The second-order valence-corrected chi connectivity index (χ2v) is 8.18. The smallest absolute Gasteiger partial charge is 0.230 e. The van der Waals surface area contributed by atoms with Gasteiger partial charge in [-0.3, -0.25) is 4.79 Å². The molecule has 0 bridgehead atoms. The molecule has 3 rings (SSSR count). The van der Waals surface area contributed by atoms with Crippen molar-refractivity contribution in [3.63, 3.8) is 0 Å². The van der Waals surface area contributed by atoms with Gasteiger partial charge in [-0.15, -0.1) is 10.2 Å². The summed E-state index contributed by atoms with van der Waals surface area (Å²) >= 11 is 13.4. The first-order valence-electron chi connectivity index (χ1n) is 8.60. The van der Waals surface area contributed by atoms with E-state index < -0.39 is 0 Å². The third-order valence-electron chi connectivity index (χ3n) is 4.48. The second kappa shape index (κ2) is 8.97. The first kappa shape index (κ1) is 19.3. The van der Waals surface area contributed by atoms with Gasteiger partial charge in [0.1, 0.15) is 0 Å². The van der Waals surface area contributed by atoms with Gasteiger partial charge in [-0.2, -0.15) is 0 Å². The van der Waals surface area contributed by atoms with E-state index in [1.165, 1.54) is 48.5 Å². The number of halogens is 2. The molecule has 9 heteroatoms. The summed E-state index contributed by atoms with van der Waals surface area (Å²) in [6, 6.07) is 5.05. The Morgan fingerprint density at radius 2 is 2.04 bits per heavy atom. The van der Waals surface area contributed by atoms with E-state index in [-0.39, 0.29) is 11.7 Å². The minimum atomic E-state index is -0.0223. The Kier molecular flexibility index (Phi) is 6.67. The predicted octanol–water partition coefficient (Wildman–Crippen LogP) is 3.75. The number of hydrogen-bond acceptors (Lipinski definition) is 5. The molecule has 1 amide bonds. The fraction of sp³-hybridized carbons (Fsp3) is 0.471. The number of nitrogens with one attached hydrogen (secondary N) is 1. The minimum Gasteiger partial charge on any atom is -0.355 e. The Balaban J connectivity index is 1.56. The zero-order valence-corrected chi connectivity index (χ0v) is 16.6. The van der Waals surface area contributed by atoms with Gasteiger partial charge < -0.3 is 11.2 Å². The lowest BCUT2D eigenvalue weighted by atomic mass is 9.89. The number of amides is 1. The van der Waals surface area contributed by atoms with Gasteiger partial charge in [0.2, 0.25) is 11.1 Å². The number of nitrogens with two attached hydrogens (primary N) is 1. The van der Waals surface area contributed by atoms with E-state index in [0.29, 0.717) is 32.5 Å². The molecular weight excluding hydrogens is 393 g/mol. The van der Waals surface area contributed by atoms with Crippen LogP contribution in [0.25, 0.3) is 11.4 Å². The maximum Gasteiger partial charge on any atom is 0.230 e. The van der Waals surface area contributed by atoms with Crippen molar-refractivity contribution in [2.75, 3.05) is 18.1 Å². The molecule has 0 unspecified atom stereocenters. The fourth-order valence-electron chi connectivity index (χ4n) is 3.06. The van der Waals surface area contributed by atoms with Crippen LogP contribution in [0.3, 0.4) is 0 Å². The number of nitrogen functional groups attached to an aromatic ring is 1. The normalized spacial score (nSPS) is 15.2. The van der Waals surface area contributed by atoms with E-state index in [9.17, 15) is 4.79 Å². The molecule has 3 N–H and O–H groups in total. The van der Waals surface area contributed by atoms with Crippen LogP contribution in [0.1, 0.15) is 32.1 Å². The largest absolute Gasteiger partial charge is 0.355 e. The monoisotopic (exact) mass is 413 g/mol. The lowest BCUT2D eigenvalue weighted by molar-refractivity contribution is -0.118. The number of aromatic nitrogens is 3. The van der Waals surface area contributed by atoms with E-state index in [0.717, 1.165) is 6.54 Å². The standard InChI is InChI=1S/C17H21Cl2N5OS/c18-12-6-7-14(19)13(8-12)16-22-23-17(24(16)20)26-10-15(25)21-9-11-4-2-1-3-5-11/h6-8,11H,1-5,9-10,20H2,(H,21,25). The summed E-state index contributed by atoms with van der Waals surface area (Å²) in [7, 11) is 0. The number of carbonyl (C=O) groups is 1. The van der Waals surface area contributed by atoms with Crippen molar-refractivity contribution in [1.82, 2.24) is 20.2 Å². The van der Waals surface area contributed by atoms with Crippen molar-refractivity contribution in [1.29, 1.82) is 0 Å². The van der Waals surface area contributed by atoms with E-state index in [1.54, 1.807) is 18.2 Å². The third kappa shape index (κ3) is 4.84. The molecule has 140 valence electrons. The molecule has 26 heavy (non-hydrogen) atoms. The Hall–Kier alpha value is -1.44. The molecule has 1 aliphatic carbocycles. The maximum atomic E-state index is 12.1. The molecule has 1 aromatic carbocycles. The summed E-state index contributed by atoms with van der Waals surface area (Å²) in [5, 5.41) is 12.6. The predicted molar refractivity (Wildman–Crippen MR) is 106 cm³/mol. The molecule has 0 saturated heterocycles. The first-order chi connectivity index (χ1) is 12.5. The summed E-state index contributed by atoms with van der Waals surface area (Å²) in [5.41, 5.74) is 0.600. The number of hydrogen-bond donors (Lipinski definition) is 2. The van der Waals surface area contributed by atoms with Crippen molar-refractivity contribution < 1.29 is 4.79 Å². The summed E-state index contributed by atoms with van der Waals surface area (Å²) in [5.74, 6) is 7.30. The van der Waals surface area contributed by atoms with Gasteiger partial charge in [0.15, 0.2) is 5.82 Å². The molecule has 0 atom stereocenters. The fourth-order valence-corrected chi connectivity index (χ4v) is 4.12. The van der Waals surface area contributed by atoms with Crippen molar-refractivity contribution in [2.45, 2.75) is 37.3 Å². The lowest BCUT2D eigenvalue weighted by Crippen LogP contribution is -2.31. The average Bonchev–Trinajstić information content (AvgIpc) is 3.01. The van der Waals surface area contributed by atoms with Crippen LogP contribution in [0.5, 0.6) is 0 Å². The van der Waals surface area contributed by atoms with Gasteiger partial charge in [0.25, 0.3) is 0 Å². The highest BCUT2D eigenvalue weighted by Crippen LogP contribution is 2.30. The average molecular weight is 414 g/mol. The Morgan fingerprint density at radius 1 is 1.27 bits per heavy atom. The van der Waals surface area contributed by atoms with E-state index in [1.807, 2.05) is 0 Å². The molecule has 1 saturated carbocycles. The van der Waals surface area contributed by atoms with Crippen LogP contribution in [-0.2, 0) is 4.79 Å². The number of benzene rings is 1. The number of carbonyl (C=O) groups excluding carboxylic acids is 1. The highest BCUT2D eigenvalue weighted by atomic mass is 35.5. The van der Waals surface area contributed by atoms with Crippen LogP contribution >= 0.6 is 35.0 Å². The molecule has 1 aromatic heterocycles. The highest BCUT2D eigenvalue weighted by Gasteiger charge is 2.17. The third-order valence-corrected chi connectivity index (χ3v) is 5.99. The molecule has 1 aliphatic rings. The Morgan fingerprint density at radius 3 is 2.81 bits per heavy atom. The van der Waals surface area contributed by atoms with Crippen LogP contribution in [0.2, 0.25) is 10.0 Å². The highest BCUT2D eigenvalue weighted by molar-refractivity contribution is 7.99. The molecule has 1 fully saturated rings. The summed E-state index contributed by atoms with van der Waals surface area (Å²) in [6.45, 7) is 0.748. The van der Waals surface area contributed by atoms with Crippen LogP contribution in [0.15, 0.2) is 23.4 Å². The number of rotatable bonds is 6. The van der Waals surface area contributed by atoms with Crippen LogP contribution < -0.4 is 11.2 Å². The van der Waals surface area contributed by atoms with Crippen LogP contribution in [-0.4, -0.2) is 33.1 Å². The second-order valence-electron chi connectivity index (χ2n) is 6.40. The topological polar surface area (TPSA) is 85.8 Å². The van der Waals surface area contributed by atoms with Gasteiger partial charge >= 0.3 is 0 Å². The molecule has 0 spiro atoms. The minimum absolute atomic E-state index is 0.0223. The molecule has 6 nitrogen and oxygen atoms in total. The van der Waals surface area contributed by atoms with Crippen molar-refractivity contribution in [2.24, 2.45) is 5.92 Å². The lowest BCUT2D eigenvalue weighted by Gasteiger charge is -2.21. The van der Waals surface area contributed by atoms with E-state index in [2.05, 4.69) is 15.5 Å². The van der Waals surface area contributed by atoms with Crippen molar-refractivity contribution in [3.8, 4) is 11.4 Å². The van der Waals surface area contributed by atoms with Gasteiger partial charge in [-0.1, -0.05) is 54.2 Å². The maximum absolute atomic E-state index is 12.1. The van der Waals surface area contributed by atoms with Crippen molar-refractivity contribution in [3.05, 3.63) is 28.2 Å². The van der Waals surface area contributed by atoms with Crippen LogP contribution in [0, 0.1) is 5.92 Å². The zero-order valence-electron chi connectivity index (χ0n) is 14.3. The van der Waals surface area contributed by atoms with Gasteiger partial charge in [-0.05, 0) is 37.0 Å². The first-order valence-corrected chi connectivity index (χ1v) is 10.3. The molecule has 2 aromatic rings. The molecule has 0 aliphatic heterocycles.